The molecule has 3 nitrogen and oxygen atoms in total. The maximum atomic E-state index is 9.42. The number of halogens is 1. The van der Waals surface area contributed by atoms with E-state index in [9.17, 15) is 5.21 Å². The SMILES string of the molecule is CCN=c1cc(Cl)cc(C)n1O. The maximum Gasteiger partial charge on any atom is 0.165 e. The van der Waals surface area contributed by atoms with E-state index in [1.807, 2.05) is 6.92 Å². The van der Waals surface area contributed by atoms with Crippen LogP contribution in [0.5, 0.6) is 0 Å². The summed E-state index contributed by atoms with van der Waals surface area (Å²) in [5.74, 6) is 0. The molecule has 1 aromatic heterocycles. The van der Waals surface area contributed by atoms with Crippen LogP contribution in [0, 0.1) is 6.92 Å². The number of hydrogen-bond acceptors (Lipinski definition) is 2. The zero-order valence-corrected chi connectivity index (χ0v) is 7.84. The highest BCUT2D eigenvalue weighted by atomic mass is 35.5. The minimum atomic E-state index is 0.488. The highest BCUT2D eigenvalue weighted by molar-refractivity contribution is 6.30. The molecule has 0 fully saturated rings. The van der Waals surface area contributed by atoms with Crippen LogP contribution in [0.3, 0.4) is 0 Å². The number of aromatic nitrogens is 1. The topological polar surface area (TPSA) is 37.5 Å². The summed E-state index contributed by atoms with van der Waals surface area (Å²) in [5.41, 5.74) is 1.16. The fourth-order valence-electron chi connectivity index (χ4n) is 0.942. The van der Waals surface area contributed by atoms with E-state index in [1.54, 1.807) is 19.1 Å². The molecule has 0 bridgehead atoms. The molecule has 0 unspecified atom stereocenters. The zero-order chi connectivity index (χ0) is 9.14. The number of aryl methyl sites for hydroxylation is 1. The minimum absolute atomic E-state index is 0.488. The van der Waals surface area contributed by atoms with Crippen molar-refractivity contribution in [1.29, 1.82) is 0 Å². The lowest BCUT2D eigenvalue weighted by atomic mass is 10.4. The lowest BCUT2D eigenvalue weighted by molar-refractivity contribution is 0.165. The number of hydrogen-bond donors (Lipinski definition) is 1. The van der Waals surface area contributed by atoms with Crippen LogP contribution < -0.4 is 5.49 Å². The van der Waals surface area contributed by atoms with Crippen molar-refractivity contribution >= 4 is 11.6 Å². The predicted molar refractivity (Wildman–Crippen MR) is 47.5 cm³/mol. The van der Waals surface area contributed by atoms with Crippen molar-refractivity contribution in [3.63, 3.8) is 0 Å². The summed E-state index contributed by atoms with van der Waals surface area (Å²) in [5, 5.41) is 10.0. The molecule has 1 heterocycles. The molecule has 0 aromatic carbocycles. The highest BCUT2D eigenvalue weighted by Crippen LogP contribution is 2.05. The van der Waals surface area contributed by atoms with Gasteiger partial charge in [-0.15, -0.1) is 0 Å². The molecule has 0 saturated carbocycles. The molecule has 4 heteroatoms. The van der Waals surface area contributed by atoms with Crippen LogP contribution in [-0.2, 0) is 0 Å². The molecular formula is C8H11ClN2O. The van der Waals surface area contributed by atoms with Gasteiger partial charge in [-0.25, -0.2) is 0 Å². The molecule has 1 aromatic rings. The van der Waals surface area contributed by atoms with Gasteiger partial charge in [-0.1, -0.05) is 11.6 Å². The first kappa shape index (κ1) is 9.13. The molecule has 0 radical (unpaired) electrons. The summed E-state index contributed by atoms with van der Waals surface area (Å²) in [4.78, 5) is 4.06. The van der Waals surface area contributed by atoms with E-state index >= 15 is 0 Å². The fourth-order valence-corrected chi connectivity index (χ4v) is 1.20. The lowest BCUT2D eigenvalue weighted by Crippen LogP contribution is -2.20. The van der Waals surface area contributed by atoms with Gasteiger partial charge in [0.05, 0.1) is 5.69 Å². The van der Waals surface area contributed by atoms with Gasteiger partial charge in [0, 0.05) is 17.6 Å². The van der Waals surface area contributed by atoms with Crippen LogP contribution in [0.2, 0.25) is 5.02 Å². The molecule has 1 N–H and O–H groups in total. The third kappa shape index (κ3) is 1.80. The van der Waals surface area contributed by atoms with E-state index in [-0.39, 0.29) is 0 Å². The van der Waals surface area contributed by atoms with Gasteiger partial charge in [0.2, 0.25) is 0 Å². The van der Waals surface area contributed by atoms with Gasteiger partial charge < -0.3 is 5.21 Å². The molecule has 0 amide bonds. The van der Waals surface area contributed by atoms with Crippen molar-refractivity contribution in [3.05, 3.63) is 28.3 Å². The van der Waals surface area contributed by atoms with E-state index in [0.29, 0.717) is 22.7 Å². The number of rotatable bonds is 1. The second-order valence-electron chi connectivity index (χ2n) is 2.46. The Hall–Kier alpha value is -0.960. The first-order chi connectivity index (χ1) is 5.65. The Morgan fingerprint density at radius 1 is 1.58 bits per heavy atom. The lowest BCUT2D eigenvalue weighted by Gasteiger charge is -2.03. The van der Waals surface area contributed by atoms with Gasteiger partial charge in [0.25, 0.3) is 0 Å². The summed E-state index contributed by atoms with van der Waals surface area (Å²) in [6, 6.07) is 3.30. The molecule has 0 aliphatic carbocycles. The average Bonchev–Trinajstić information content (AvgIpc) is 2.00. The second kappa shape index (κ2) is 3.63. The van der Waals surface area contributed by atoms with Crippen molar-refractivity contribution in [2.45, 2.75) is 13.8 Å². The summed E-state index contributed by atoms with van der Waals surface area (Å²) < 4.78 is 1.02. The molecule has 0 spiro atoms. The smallest absolute Gasteiger partial charge is 0.165 e. The monoisotopic (exact) mass is 186 g/mol. The average molecular weight is 187 g/mol. The van der Waals surface area contributed by atoms with Crippen LogP contribution in [0.25, 0.3) is 0 Å². The number of nitrogens with zero attached hydrogens (tertiary/aromatic N) is 2. The first-order valence-electron chi connectivity index (χ1n) is 3.74. The van der Waals surface area contributed by atoms with Crippen LogP contribution in [-0.4, -0.2) is 16.5 Å². The van der Waals surface area contributed by atoms with E-state index < -0.39 is 0 Å². The molecular weight excluding hydrogens is 176 g/mol. The molecule has 1 rings (SSSR count). The summed E-state index contributed by atoms with van der Waals surface area (Å²) >= 11 is 5.77. The Morgan fingerprint density at radius 3 is 2.83 bits per heavy atom. The first-order valence-corrected chi connectivity index (χ1v) is 4.12. The fraction of sp³-hybridized carbons (Fsp3) is 0.375. The van der Waals surface area contributed by atoms with Gasteiger partial charge in [-0.05, 0) is 19.9 Å². The summed E-state index contributed by atoms with van der Waals surface area (Å²) in [6.07, 6.45) is 0. The van der Waals surface area contributed by atoms with Crippen molar-refractivity contribution < 1.29 is 5.21 Å². The van der Waals surface area contributed by atoms with Crippen LogP contribution in [0.15, 0.2) is 17.1 Å². The molecule has 0 aliphatic rings. The highest BCUT2D eigenvalue weighted by Gasteiger charge is 1.96. The molecule has 0 aliphatic heterocycles. The van der Waals surface area contributed by atoms with Gasteiger partial charge in [-0.3, -0.25) is 4.99 Å². The Morgan fingerprint density at radius 2 is 2.25 bits per heavy atom. The van der Waals surface area contributed by atoms with Gasteiger partial charge in [0.15, 0.2) is 5.49 Å². The van der Waals surface area contributed by atoms with Crippen molar-refractivity contribution in [1.82, 2.24) is 4.73 Å². The standard InChI is InChI=1S/C8H11ClN2O/c1-3-10-8-5-7(9)4-6(2)11(8)12/h4-5,12H,3H2,1-2H3. The van der Waals surface area contributed by atoms with Crippen molar-refractivity contribution in [3.8, 4) is 0 Å². The van der Waals surface area contributed by atoms with Crippen LogP contribution in [0.4, 0.5) is 0 Å². The normalized spacial score (nSPS) is 12.1. The van der Waals surface area contributed by atoms with Crippen molar-refractivity contribution in [2.24, 2.45) is 4.99 Å². The molecule has 0 atom stereocenters. The minimum Gasteiger partial charge on any atom is -0.427 e. The summed E-state index contributed by atoms with van der Waals surface area (Å²) in [7, 11) is 0. The van der Waals surface area contributed by atoms with E-state index in [0.717, 1.165) is 4.73 Å². The predicted octanol–water partition coefficient (Wildman–Crippen LogP) is 1.61. The Kier molecular flexibility index (Phi) is 2.76. The van der Waals surface area contributed by atoms with Crippen LogP contribution >= 0.6 is 11.6 Å². The Balaban J connectivity index is 3.38. The maximum absolute atomic E-state index is 9.42. The van der Waals surface area contributed by atoms with Gasteiger partial charge in [0.1, 0.15) is 0 Å². The van der Waals surface area contributed by atoms with E-state index in [2.05, 4.69) is 4.99 Å². The van der Waals surface area contributed by atoms with E-state index in [4.69, 9.17) is 11.6 Å². The summed E-state index contributed by atoms with van der Waals surface area (Å²) in [6.45, 7) is 4.29. The third-order valence-corrected chi connectivity index (χ3v) is 1.70. The molecule has 0 saturated heterocycles. The largest absolute Gasteiger partial charge is 0.427 e. The Labute approximate surface area is 75.9 Å². The van der Waals surface area contributed by atoms with Gasteiger partial charge in [-0.2, -0.15) is 4.73 Å². The Bertz CT molecular complexity index is 343. The van der Waals surface area contributed by atoms with Crippen molar-refractivity contribution in [2.75, 3.05) is 6.54 Å². The van der Waals surface area contributed by atoms with Gasteiger partial charge >= 0.3 is 0 Å². The number of pyridine rings is 1. The van der Waals surface area contributed by atoms with E-state index in [1.165, 1.54) is 0 Å². The third-order valence-electron chi connectivity index (χ3n) is 1.48. The molecule has 12 heavy (non-hydrogen) atoms. The zero-order valence-electron chi connectivity index (χ0n) is 7.08. The molecule has 66 valence electrons. The van der Waals surface area contributed by atoms with Crippen LogP contribution in [0.1, 0.15) is 12.6 Å². The quantitative estimate of drug-likeness (QED) is 0.665. The second-order valence-corrected chi connectivity index (χ2v) is 2.90.